The second kappa shape index (κ2) is 17.2. The van der Waals surface area contributed by atoms with Crippen LogP contribution in [0.3, 0.4) is 0 Å². The monoisotopic (exact) mass is 823 g/mol. The lowest BCUT2D eigenvalue weighted by Crippen LogP contribution is -2.46. The molecular formula is C45H74O13. The van der Waals surface area contributed by atoms with Crippen LogP contribution in [-0.4, -0.2) is 91.1 Å². The van der Waals surface area contributed by atoms with Crippen molar-refractivity contribution in [3.05, 3.63) is 0 Å². The molecule has 4 aliphatic heterocycles. The van der Waals surface area contributed by atoms with E-state index in [1.807, 2.05) is 90.0 Å². The van der Waals surface area contributed by atoms with Gasteiger partial charge in [-0.3, -0.25) is 19.2 Å². The van der Waals surface area contributed by atoms with E-state index in [1.165, 1.54) is 12.8 Å². The topological polar surface area (TPSA) is 151 Å². The van der Waals surface area contributed by atoms with Gasteiger partial charge in [-0.15, -0.1) is 0 Å². The number of ether oxygens (including phenoxy) is 9. The van der Waals surface area contributed by atoms with Crippen LogP contribution < -0.4 is 0 Å². The second-order valence-corrected chi connectivity index (χ2v) is 20.7. The molecule has 0 aromatic heterocycles. The van der Waals surface area contributed by atoms with Gasteiger partial charge in [0.1, 0.15) is 23.9 Å². The summed E-state index contributed by atoms with van der Waals surface area (Å²) in [6, 6.07) is 0. The summed E-state index contributed by atoms with van der Waals surface area (Å²) in [5, 5.41) is 0. The maximum absolute atomic E-state index is 12.6. The number of cyclic esters (lactones) is 1. The largest absolute Gasteiger partial charge is 0.465 e. The van der Waals surface area contributed by atoms with Gasteiger partial charge in [-0.1, -0.05) is 20.8 Å². The highest BCUT2D eigenvalue weighted by molar-refractivity contribution is 5.78. The van der Waals surface area contributed by atoms with Crippen LogP contribution in [0, 0.1) is 39.9 Å². The van der Waals surface area contributed by atoms with Crippen LogP contribution in [-0.2, 0) is 61.8 Å². The van der Waals surface area contributed by atoms with Crippen LogP contribution in [0.5, 0.6) is 0 Å². The molecule has 4 heterocycles. The Labute approximate surface area is 346 Å². The van der Waals surface area contributed by atoms with Crippen molar-refractivity contribution in [3.63, 3.8) is 0 Å². The van der Waals surface area contributed by atoms with Crippen molar-refractivity contribution in [3.8, 4) is 0 Å². The fourth-order valence-electron chi connectivity index (χ4n) is 8.85. The third kappa shape index (κ3) is 10.2. The quantitative estimate of drug-likeness (QED) is 0.156. The van der Waals surface area contributed by atoms with Crippen molar-refractivity contribution in [2.45, 2.75) is 209 Å². The van der Waals surface area contributed by atoms with E-state index in [-0.39, 0.29) is 58.9 Å². The normalized spacial score (nSPS) is 35.2. The molecule has 0 N–H and O–H groups in total. The van der Waals surface area contributed by atoms with E-state index >= 15 is 0 Å². The molecule has 0 aromatic rings. The van der Waals surface area contributed by atoms with Gasteiger partial charge in [-0.25, -0.2) is 0 Å². The van der Waals surface area contributed by atoms with Gasteiger partial charge in [0.2, 0.25) is 0 Å². The average Bonchev–Trinajstić information content (AvgIpc) is 4.02. The van der Waals surface area contributed by atoms with Crippen LogP contribution >= 0.6 is 0 Å². The molecule has 13 nitrogen and oxygen atoms in total. The van der Waals surface area contributed by atoms with Crippen molar-refractivity contribution in [2.24, 2.45) is 39.9 Å². The third-order valence-electron chi connectivity index (χ3n) is 14.0. The number of carbonyl (C=O) groups is 4. The Bertz CT molecular complexity index is 1490. The van der Waals surface area contributed by atoms with Gasteiger partial charge in [0.05, 0.1) is 35.4 Å². The molecule has 0 amide bonds. The summed E-state index contributed by atoms with van der Waals surface area (Å²) in [5.74, 6) is -0.851. The highest BCUT2D eigenvalue weighted by atomic mass is 16.9. The van der Waals surface area contributed by atoms with E-state index < -0.39 is 47.0 Å². The molecule has 332 valence electrons. The van der Waals surface area contributed by atoms with E-state index in [1.54, 1.807) is 0 Å². The minimum atomic E-state index is -0.780. The Balaban J connectivity index is 0.000000173. The van der Waals surface area contributed by atoms with E-state index in [4.69, 9.17) is 42.6 Å². The minimum Gasteiger partial charge on any atom is -0.465 e. The lowest BCUT2D eigenvalue weighted by molar-refractivity contribution is -0.236. The van der Waals surface area contributed by atoms with Crippen molar-refractivity contribution >= 4 is 23.9 Å². The summed E-state index contributed by atoms with van der Waals surface area (Å²) >= 11 is 0. The van der Waals surface area contributed by atoms with Gasteiger partial charge in [-0.05, 0) is 140 Å². The first-order valence-electron chi connectivity index (χ1n) is 21.9. The molecule has 7 rings (SSSR count). The van der Waals surface area contributed by atoms with Gasteiger partial charge in [0.15, 0.2) is 30.1 Å². The van der Waals surface area contributed by atoms with Crippen molar-refractivity contribution in [1.29, 1.82) is 0 Å². The first-order valence-corrected chi connectivity index (χ1v) is 21.9. The Hall–Kier alpha value is -2.32. The molecule has 13 heteroatoms. The molecule has 0 spiro atoms. The summed E-state index contributed by atoms with van der Waals surface area (Å²) in [5.41, 5.74) is -1.50. The van der Waals surface area contributed by atoms with Crippen LogP contribution in [0.15, 0.2) is 0 Å². The highest BCUT2D eigenvalue weighted by Crippen LogP contribution is 2.56. The Kier molecular flexibility index (Phi) is 13.9. The summed E-state index contributed by atoms with van der Waals surface area (Å²) in [7, 11) is 0. The number of esters is 4. The smallest absolute Gasteiger partial charge is 0.312 e. The molecular weight excluding hydrogens is 748 g/mol. The second-order valence-electron chi connectivity index (χ2n) is 20.7. The molecule has 0 radical (unpaired) electrons. The first-order chi connectivity index (χ1) is 26.8. The average molecular weight is 823 g/mol. The zero-order valence-electron chi connectivity index (χ0n) is 37.9. The maximum Gasteiger partial charge on any atom is 0.312 e. The third-order valence-corrected chi connectivity index (χ3v) is 14.0. The molecule has 4 saturated heterocycles. The number of carbonyl (C=O) groups excluding carboxylic acids is 4. The molecule has 10 unspecified atom stereocenters. The lowest BCUT2D eigenvalue weighted by atomic mass is 9.79. The van der Waals surface area contributed by atoms with Gasteiger partial charge < -0.3 is 42.6 Å². The van der Waals surface area contributed by atoms with E-state index in [0.717, 1.165) is 38.5 Å². The van der Waals surface area contributed by atoms with Crippen molar-refractivity contribution < 1.29 is 61.8 Å². The molecule has 58 heavy (non-hydrogen) atoms. The van der Waals surface area contributed by atoms with Gasteiger partial charge in [0, 0.05) is 11.8 Å². The molecule has 0 aromatic carbocycles. The number of rotatable bonds is 10. The van der Waals surface area contributed by atoms with Crippen LogP contribution in [0.4, 0.5) is 0 Å². The maximum atomic E-state index is 12.6. The fourth-order valence-corrected chi connectivity index (χ4v) is 8.85. The molecule has 7 fully saturated rings. The zero-order chi connectivity index (χ0) is 43.2. The zero-order valence-corrected chi connectivity index (χ0v) is 37.9. The predicted octanol–water partition coefficient (Wildman–Crippen LogP) is 7.82. The summed E-state index contributed by atoms with van der Waals surface area (Å²) in [6.45, 7) is 27.8. The number of fused-ring (bicyclic) bond motifs is 6. The summed E-state index contributed by atoms with van der Waals surface area (Å²) in [4.78, 5) is 48.3. The summed E-state index contributed by atoms with van der Waals surface area (Å²) in [6.07, 6.45) is 6.07. The Morgan fingerprint density at radius 2 is 1.26 bits per heavy atom. The summed E-state index contributed by atoms with van der Waals surface area (Å²) < 4.78 is 51.7. The van der Waals surface area contributed by atoms with E-state index in [2.05, 4.69) is 6.92 Å². The Morgan fingerprint density at radius 1 is 0.690 bits per heavy atom. The van der Waals surface area contributed by atoms with Gasteiger partial charge in [0.25, 0.3) is 0 Å². The van der Waals surface area contributed by atoms with Crippen molar-refractivity contribution in [1.82, 2.24) is 0 Å². The predicted molar refractivity (Wildman–Crippen MR) is 213 cm³/mol. The number of hydrogen-bond acceptors (Lipinski definition) is 13. The van der Waals surface area contributed by atoms with Crippen LogP contribution in [0.1, 0.15) is 155 Å². The standard InChI is InChI=1S/C18H30O7.C15H22O4.C12H22O2/c1-8-16(2,3)15(19)22-12-11(10-9-20-17(4,5)23-10)21-14-13(12)24-18(6,7)25-14;1-4-15(2,3)14(17)19-11-6-8-5-9(11)10-7-18-13(16)12(8)10;1-5-11(2,3)10(13)14-12(4)8-6-7-9-12/h10-14H,8-9H2,1-7H3;8-12H,4-7H2,1-3H3;5-9H2,1-4H3. The SMILES string of the molecule is CCC(C)(C)C(=O)OC1(C)CCCC1.CCC(C)(C)C(=O)OC1C(C2COC(C)(C)O2)OC2OC(C)(C)OC21.CCC(C)(C)C(=O)OC1CC2CC1C1COC(=O)C21. The van der Waals surface area contributed by atoms with E-state index in [9.17, 15) is 19.2 Å². The first kappa shape index (κ1) is 46.7. The fraction of sp³-hybridized carbons (Fsp3) is 0.911. The molecule has 3 saturated carbocycles. The molecule has 10 atom stereocenters. The van der Waals surface area contributed by atoms with E-state index in [0.29, 0.717) is 31.5 Å². The molecule has 3 aliphatic carbocycles. The molecule has 2 bridgehead atoms. The van der Waals surface area contributed by atoms with Crippen LogP contribution in [0.25, 0.3) is 0 Å². The Morgan fingerprint density at radius 3 is 1.81 bits per heavy atom. The van der Waals surface area contributed by atoms with Gasteiger partial charge in [-0.2, -0.15) is 0 Å². The van der Waals surface area contributed by atoms with Gasteiger partial charge >= 0.3 is 23.9 Å². The van der Waals surface area contributed by atoms with Crippen molar-refractivity contribution in [2.75, 3.05) is 13.2 Å². The minimum absolute atomic E-state index is 0.000856. The number of hydrogen-bond donors (Lipinski definition) is 0. The molecule has 7 aliphatic rings. The van der Waals surface area contributed by atoms with Crippen LogP contribution in [0.2, 0.25) is 0 Å². The highest BCUT2D eigenvalue weighted by Gasteiger charge is 2.61. The lowest BCUT2D eigenvalue weighted by Gasteiger charge is -2.31.